The van der Waals surface area contributed by atoms with Crippen LogP contribution in [0.4, 0.5) is 0 Å². The number of hydrogen-bond donors (Lipinski definition) is 1. The van der Waals surface area contributed by atoms with E-state index >= 15 is 0 Å². The summed E-state index contributed by atoms with van der Waals surface area (Å²) in [6.45, 7) is 6.28. The monoisotopic (exact) mass is 269 g/mol. The van der Waals surface area contributed by atoms with Gasteiger partial charge >= 0.3 is 0 Å². The molecule has 2 atom stereocenters. The smallest absolute Gasteiger partial charge is 0.0544 e. The summed E-state index contributed by atoms with van der Waals surface area (Å²) in [4.78, 5) is 6.98. The molecule has 1 saturated heterocycles. The SMILES string of the molecule is Cc1ccc(CN2CCCCC2C(C)N)nc1.Cl. The largest absolute Gasteiger partial charge is 0.327 e. The van der Waals surface area contributed by atoms with Crippen molar-refractivity contribution in [1.29, 1.82) is 0 Å². The molecule has 1 aliphatic rings. The van der Waals surface area contributed by atoms with Gasteiger partial charge in [0.05, 0.1) is 5.69 Å². The van der Waals surface area contributed by atoms with Crippen LogP contribution in [0.2, 0.25) is 0 Å². The Bertz CT molecular complexity index is 351. The molecule has 2 heterocycles. The van der Waals surface area contributed by atoms with Crippen LogP contribution in [0.1, 0.15) is 37.4 Å². The van der Waals surface area contributed by atoms with E-state index in [0.29, 0.717) is 6.04 Å². The van der Waals surface area contributed by atoms with Crippen LogP contribution in [-0.2, 0) is 6.54 Å². The Hall–Kier alpha value is -0.640. The fourth-order valence-corrected chi connectivity index (χ4v) is 2.61. The number of aryl methyl sites for hydroxylation is 1. The maximum atomic E-state index is 6.07. The van der Waals surface area contributed by atoms with Crippen molar-refractivity contribution in [3.63, 3.8) is 0 Å². The molecule has 3 nitrogen and oxygen atoms in total. The average Bonchev–Trinajstić information content (AvgIpc) is 2.32. The Labute approximate surface area is 116 Å². The first kappa shape index (κ1) is 15.4. The van der Waals surface area contributed by atoms with Crippen LogP contribution >= 0.6 is 12.4 Å². The lowest BCUT2D eigenvalue weighted by atomic mass is 9.97. The Balaban J connectivity index is 0.00000162. The van der Waals surface area contributed by atoms with E-state index in [1.165, 1.54) is 24.8 Å². The second-order valence-corrected chi connectivity index (χ2v) is 5.22. The zero-order valence-electron chi connectivity index (χ0n) is 11.3. The molecule has 0 saturated carbocycles. The van der Waals surface area contributed by atoms with Crippen LogP contribution in [-0.4, -0.2) is 28.5 Å². The second-order valence-electron chi connectivity index (χ2n) is 5.22. The zero-order valence-corrected chi connectivity index (χ0v) is 12.1. The normalized spacial score (nSPS) is 22.3. The number of halogens is 1. The van der Waals surface area contributed by atoms with Gasteiger partial charge in [0, 0.05) is 24.8 Å². The van der Waals surface area contributed by atoms with Crippen molar-refractivity contribution in [1.82, 2.24) is 9.88 Å². The van der Waals surface area contributed by atoms with E-state index < -0.39 is 0 Å². The number of likely N-dealkylation sites (tertiary alicyclic amines) is 1. The first-order valence-corrected chi connectivity index (χ1v) is 6.58. The molecule has 0 radical (unpaired) electrons. The van der Waals surface area contributed by atoms with E-state index in [2.05, 4.69) is 35.9 Å². The summed E-state index contributed by atoms with van der Waals surface area (Å²) in [5, 5.41) is 0. The van der Waals surface area contributed by atoms with Crippen molar-refractivity contribution in [2.24, 2.45) is 5.73 Å². The molecular weight excluding hydrogens is 246 g/mol. The minimum atomic E-state index is 0. The van der Waals surface area contributed by atoms with Gasteiger partial charge in [-0.25, -0.2) is 0 Å². The van der Waals surface area contributed by atoms with Crippen molar-refractivity contribution < 1.29 is 0 Å². The number of nitrogens with two attached hydrogens (primary N) is 1. The number of aromatic nitrogens is 1. The van der Waals surface area contributed by atoms with Gasteiger partial charge in [0.15, 0.2) is 0 Å². The van der Waals surface area contributed by atoms with Crippen LogP contribution in [0, 0.1) is 6.92 Å². The van der Waals surface area contributed by atoms with Crippen LogP contribution < -0.4 is 5.73 Å². The van der Waals surface area contributed by atoms with Crippen molar-refractivity contribution >= 4 is 12.4 Å². The Morgan fingerprint density at radius 2 is 2.22 bits per heavy atom. The maximum absolute atomic E-state index is 6.07. The molecule has 1 aliphatic heterocycles. The summed E-state index contributed by atoms with van der Waals surface area (Å²) in [7, 11) is 0. The Morgan fingerprint density at radius 1 is 1.44 bits per heavy atom. The molecule has 0 aliphatic carbocycles. The predicted molar refractivity (Wildman–Crippen MR) is 77.9 cm³/mol. The number of hydrogen-bond acceptors (Lipinski definition) is 3. The average molecular weight is 270 g/mol. The molecule has 2 unspecified atom stereocenters. The van der Waals surface area contributed by atoms with Crippen LogP contribution in [0.5, 0.6) is 0 Å². The Morgan fingerprint density at radius 3 is 2.83 bits per heavy atom. The van der Waals surface area contributed by atoms with Crippen LogP contribution in [0.3, 0.4) is 0 Å². The summed E-state index contributed by atoms with van der Waals surface area (Å²) in [5.41, 5.74) is 8.45. The summed E-state index contributed by atoms with van der Waals surface area (Å²) < 4.78 is 0. The predicted octanol–water partition coefficient (Wildman–Crippen LogP) is 2.51. The fourth-order valence-electron chi connectivity index (χ4n) is 2.61. The third-order valence-corrected chi connectivity index (χ3v) is 3.61. The third kappa shape index (κ3) is 3.94. The molecule has 2 N–H and O–H groups in total. The van der Waals surface area contributed by atoms with Gasteiger partial charge in [-0.3, -0.25) is 9.88 Å². The number of pyridine rings is 1. The first-order chi connectivity index (χ1) is 8.16. The summed E-state index contributed by atoms with van der Waals surface area (Å²) >= 11 is 0. The molecule has 2 rings (SSSR count). The van der Waals surface area contributed by atoms with Crippen molar-refractivity contribution in [2.45, 2.75) is 51.7 Å². The molecule has 102 valence electrons. The highest BCUT2D eigenvalue weighted by molar-refractivity contribution is 5.85. The molecule has 0 bridgehead atoms. The zero-order chi connectivity index (χ0) is 12.3. The minimum Gasteiger partial charge on any atom is -0.327 e. The van der Waals surface area contributed by atoms with E-state index in [1.807, 2.05) is 6.20 Å². The lowest BCUT2D eigenvalue weighted by molar-refractivity contribution is 0.121. The molecule has 4 heteroatoms. The van der Waals surface area contributed by atoms with Gasteiger partial charge in [-0.05, 0) is 44.9 Å². The minimum absolute atomic E-state index is 0. The van der Waals surface area contributed by atoms with E-state index in [1.54, 1.807) is 0 Å². The van der Waals surface area contributed by atoms with Gasteiger partial charge in [-0.2, -0.15) is 0 Å². The van der Waals surface area contributed by atoms with Crippen LogP contribution in [0.15, 0.2) is 18.3 Å². The van der Waals surface area contributed by atoms with Crippen molar-refractivity contribution in [3.05, 3.63) is 29.6 Å². The number of rotatable bonds is 3. The number of nitrogens with zero attached hydrogens (tertiary/aromatic N) is 2. The summed E-state index contributed by atoms with van der Waals surface area (Å²) in [6.07, 6.45) is 5.77. The summed E-state index contributed by atoms with van der Waals surface area (Å²) in [5.74, 6) is 0. The van der Waals surface area contributed by atoms with Gasteiger partial charge in [0.25, 0.3) is 0 Å². The highest BCUT2D eigenvalue weighted by atomic mass is 35.5. The molecule has 1 fully saturated rings. The third-order valence-electron chi connectivity index (χ3n) is 3.61. The highest BCUT2D eigenvalue weighted by Crippen LogP contribution is 2.20. The second kappa shape index (κ2) is 7.07. The van der Waals surface area contributed by atoms with Gasteiger partial charge in [-0.1, -0.05) is 12.5 Å². The van der Waals surface area contributed by atoms with Crippen molar-refractivity contribution in [3.8, 4) is 0 Å². The quantitative estimate of drug-likeness (QED) is 0.917. The maximum Gasteiger partial charge on any atom is 0.0544 e. The molecule has 1 aromatic rings. The highest BCUT2D eigenvalue weighted by Gasteiger charge is 2.25. The van der Waals surface area contributed by atoms with E-state index in [4.69, 9.17) is 5.73 Å². The van der Waals surface area contributed by atoms with E-state index in [9.17, 15) is 0 Å². The molecule has 1 aromatic heterocycles. The molecular formula is C14H24ClN3. The molecule has 0 aromatic carbocycles. The van der Waals surface area contributed by atoms with Crippen LogP contribution in [0.25, 0.3) is 0 Å². The van der Waals surface area contributed by atoms with Gasteiger partial charge < -0.3 is 5.73 Å². The molecule has 0 amide bonds. The Kier molecular flexibility index (Phi) is 6.06. The number of piperidine rings is 1. The summed E-state index contributed by atoms with van der Waals surface area (Å²) in [6, 6.07) is 5.03. The topological polar surface area (TPSA) is 42.1 Å². The first-order valence-electron chi connectivity index (χ1n) is 6.58. The fraction of sp³-hybridized carbons (Fsp3) is 0.643. The lowest BCUT2D eigenvalue weighted by Crippen LogP contribution is -2.48. The van der Waals surface area contributed by atoms with Gasteiger partial charge in [0.1, 0.15) is 0 Å². The molecule has 0 spiro atoms. The van der Waals surface area contributed by atoms with Crippen molar-refractivity contribution in [2.75, 3.05) is 6.54 Å². The standard InChI is InChI=1S/C14H23N3.ClH/c1-11-6-7-13(16-9-11)10-17-8-4-3-5-14(17)12(2)15;/h6-7,9,12,14H,3-5,8,10,15H2,1-2H3;1H. The lowest BCUT2D eigenvalue weighted by Gasteiger charge is -2.37. The van der Waals surface area contributed by atoms with Gasteiger partial charge in [-0.15, -0.1) is 12.4 Å². The molecule has 18 heavy (non-hydrogen) atoms. The van der Waals surface area contributed by atoms with E-state index in [0.717, 1.165) is 18.8 Å². The van der Waals surface area contributed by atoms with E-state index in [-0.39, 0.29) is 18.4 Å². The van der Waals surface area contributed by atoms with Gasteiger partial charge in [0.2, 0.25) is 0 Å².